The van der Waals surface area contributed by atoms with Gasteiger partial charge in [0, 0.05) is 17.3 Å². The second-order valence-corrected chi connectivity index (χ2v) is 4.61. The van der Waals surface area contributed by atoms with Gasteiger partial charge in [0.15, 0.2) is 0 Å². The van der Waals surface area contributed by atoms with E-state index >= 15 is 0 Å². The van der Waals surface area contributed by atoms with Gasteiger partial charge >= 0.3 is 0 Å². The van der Waals surface area contributed by atoms with Crippen LogP contribution in [-0.4, -0.2) is 24.7 Å². The van der Waals surface area contributed by atoms with Crippen LogP contribution in [0.25, 0.3) is 0 Å². The van der Waals surface area contributed by atoms with Crippen molar-refractivity contribution in [2.75, 3.05) is 19.5 Å². The minimum atomic E-state index is -0.467. The average Bonchev–Trinajstić information content (AvgIpc) is 2.52. The summed E-state index contributed by atoms with van der Waals surface area (Å²) in [6.07, 6.45) is 0. The smallest absolute Gasteiger partial charge is 0.252 e. The lowest BCUT2D eigenvalue weighted by molar-refractivity contribution is 0.0916. The maximum Gasteiger partial charge on any atom is 0.252 e. The maximum atomic E-state index is 12.3. The van der Waals surface area contributed by atoms with E-state index in [1.54, 1.807) is 18.2 Å². The molecule has 1 atom stereocenters. The van der Waals surface area contributed by atoms with Crippen molar-refractivity contribution in [3.63, 3.8) is 0 Å². The van der Waals surface area contributed by atoms with E-state index in [-0.39, 0.29) is 12.5 Å². The van der Waals surface area contributed by atoms with Crippen LogP contribution < -0.4 is 15.8 Å². The van der Waals surface area contributed by atoms with E-state index in [9.17, 15) is 9.90 Å². The first-order valence-electron chi connectivity index (χ1n) is 6.55. The molecule has 5 nitrogen and oxygen atoms in total. The zero-order valence-corrected chi connectivity index (χ0v) is 11.7. The molecule has 0 aliphatic carbocycles. The third-order valence-corrected chi connectivity index (χ3v) is 3.12. The zero-order valence-electron chi connectivity index (χ0n) is 11.7. The summed E-state index contributed by atoms with van der Waals surface area (Å²) in [7, 11) is 1.51. The molecular formula is C16H18N2O3. The second-order valence-electron chi connectivity index (χ2n) is 4.61. The molecule has 0 aliphatic heterocycles. The van der Waals surface area contributed by atoms with E-state index in [0.29, 0.717) is 17.0 Å². The van der Waals surface area contributed by atoms with Crippen molar-refractivity contribution in [2.24, 2.45) is 0 Å². The number of aliphatic hydroxyl groups is 1. The number of methoxy groups -OCH3 is 1. The van der Waals surface area contributed by atoms with Crippen molar-refractivity contribution in [3.8, 4) is 5.75 Å². The summed E-state index contributed by atoms with van der Waals surface area (Å²) in [5.41, 5.74) is 7.41. The van der Waals surface area contributed by atoms with E-state index < -0.39 is 6.04 Å². The number of nitrogens with one attached hydrogen (secondary N) is 1. The van der Waals surface area contributed by atoms with Crippen LogP contribution in [0.3, 0.4) is 0 Å². The zero-order chi connectivity index (χ0) is 15.2. The fourth-order valence-electron chi connectivity index (χ4n) is 2.03. The molecule has 0 fully saturated rings. The molecule has 0 radical (unpaired) electrons. The highest BCUT2D eigenvalue weighted by Gasteiger charge is 2.15. The van der Waals surface area contributed by atoms with Crippen LogP contribution >= 0.6 is 0 Å². The molecule has 21 heavy (non-hydrogen) atoms. The third kappa shape index (κ3) is 3.73. The van der Waals surface area contributed by atoms with Gasteiger partial charge in [0.1, 0.15) is 5.75 Å². The molecule has 0 aliphatic rings. The van der Waals surface area contributed by atoms with Gasteiger partial charge in [-0.05, 0) is 17.7 Å². The number of nitrogens with two attached hydrogens (primary N) is 1. The standard InChI is InChI=1S/C16H18N2O3/c1-21-14-8-12(7-13(17)9-14)16(20)18-15(10-19)11-5-3-2-4-6-11/h2-9,15,19H,10,17H2,1H3,(H,18,20). The summed E-state index contributed by atoms with van der Waals surface area (Å²) >= 11 is 0. The average molecular weight is 286 g/mol. The number of ether oxygens (including phenoxy) is 1. The molecule has 1 amide bonds. The number of amides is 1. The van der Waals surface area contributed by atoms with E-state index in [1.807, 2.05) is 30.3 Å². The molecule has 0 saturated carbocycles. The lowest BCUT2D eigenvalue weighted by Gasteiger charge is -2.17. The molecular weight excluding hydrogens is 268 g/mol. The lowest BCUT2D eigenvalue weighted by Crippen LogP contribution is -2.30. The topological polar surface area (TPSA) is 84.6 Å². The number of rotatable bonds is 5. The molecule has 0 aromatic heterocycles. The van der Waals surface area contributed by atoms with Gasteiger partial charge in [0.05, 0.1) is 19.8 Å². The number of hydrogen-bond acceptors (Lipinski definition) is 4. The molecule has 2 aromatic carbocycles. The molecule has 110 valence electrons. The first kappa shape index (κ1) is 14.9. The maximum absolute atomic E-state index is 12.3. The summed E-state index contributed by atoms with van der Waals surface area (Å²) in [6, 6.07) is 13.6. The summed E-state index contributed by atoms with van der Waals surface area (Å²) in [5, 5.41) is 12.2. The van der Waals surface area contributed by atoms with Gasteiger partial charge in [-0.1, -0.05) is 30.3 Å². The molecule has 0 heterocycles. The van der Waals surface area contributed by atoms with Gasteiger partial charge in [-0.3, -0.25) is 4.79 Å². The number of nitrogen functional groups attached to an aromatic ring is 1. The highest BCUT2D eigenvalue weighted by Crippen LogP contribution is 2.19. The second kappa shape index (κ2) is 6.76. The predicted octanol–water partition coefficient (Wildman–Crippen LogP) is 1.74. The van der Waals surface area contributed by atoms with Crippen molar-refractivity contribution in [2.45, 2.75) is 6.04 Å². The largest absolute Gasteiger partial charge is 0.497 e. The Hall–Kier alpha value is -2.53. The highest BCUT2D eigenvalue weighted by atomic mass is 16.5. The summed E-state index contributed by atoms with van der Waals surface area (Å²) in [4.78, 5) is 12.3. The minimum absolute atomic E-state index is 0.185. The Bertz CT molecular complexity index is 614. The summed E-state index contributed by atoms with van der Waals surface area (Å²) in [5.74, 6) is 0.198. The molecule has 0 spiro atoms. The van der Waals surface area contributed by atoms with E-state index in [1.165, 1.54) is 7.11 Å². The quantitative estimate of drug-likeness (QED) is 0.731. The van der Waals surface area contributed by atoms with Gasteiger partial charge in [0.2, 0.25) is 0 Å². The van der Waals surface area contributed by atoms with Crippen molar-refractivity contribution in [1.29, 1.82) is 0 Å². The highest BCUT2D eigenvalue weighted by molar-refractivity contribution is 5.95. The van der Waals surface area contributed by atoms with Crippen LogP contribution in [0.4, 0.5) is 5.69 Å². The van der Waals surface area contributed by atoms with Crippen molar-refractivity contribution in [1.82, 2.24) is 5.32 Å². The van der Waals surface area contributed by atoms with Crippen LogP contribution in [0.15, 0.2) is 48.5 Å². The van der Waals surface area contributed by atoms with E-state index in [0.717, 1.165) is 5.56 Å². The molecule has 2 rings (SSSR count). The molecule has 1 unspecified atom stereocenters. The number of carbonyl (C=O) groups is 1. The van der Waals surface area contributed by atoms with Gasteiger partial charge in [0.25, 0.3) is 5.91 Å². The molecule has 0 bridgehead atoms. The normalized spacial score (nSPS) is 11.7. The Kier molecular flexibility index (Phi) is 4.79. The fraction of sp³-hybridized carbons (Fsp3) is 0.188. The predicted molar refractivity (Wildman–Crippen MR) is 81.1 cm³/mol. The first-order valence-corrected chi connectivity index (χ1v) is 6.55. The van der Waals surface area contributed by atoms with Crippen LogP contribution in [0.1, 0.15) is 22.0 Å². The Morgan fingerprint density at radius 1 is 1.29 bits per heavy atom. The van der Waals surface area contributed by atoms with Gasteiger partial charge < -0.3 is 20.9 Å². The summed E-state index contributed by atoms with van der Waals surface area (Å²) < 4.78 is 5.09. The van der Waals surface area contributed by atoms with Crippen LogP contribution in [-0.2, 0) is 0 Å². The van der Waals surface area contributed by atoms with Crippen LogP contribution in [0, 0.1) is 0 Å². The number of aliphatic hydroxyl groups excluding tert-OH is 1. The Balaban J connectivity index is 2.18. The number of hydrogen-bond donors (Lipinski definition) is 3. The lowest BCUT2D eigenvalue weighted by atomic mass is 10.1. The Morgan fingerprint density at radius 3 is 2.62 bits per heavy atom. The SMILES string of the molecule is COc1cc(N)cc(C(=O)NC(CO)c2ccccc2)c1. The van der Waals surface area contributed by atoms with E-state index in [2.05, 4.69) is 5.32 Å². The van der Waals surface area contributed by atoms with E-state index in [4.69, 9.17) is 10.5 Å². The van der Waals surface area contributed by atoms with Gasteiger partial charge in [-0.25, -0.2) is 0 Å². The molecule has 0 saturated heterocycles. The van der Waals surface area contributed by atoms with Gasteiger partial charge in [-0.2, -0.15) is 0 Å². The number of benzene rings is 2. The van der Waals surface area contributed by atoms with Crippen LogP contribution in [0.5, 0.6) is 5.75 Å². The van der Waals surface area contributed by atoms with Gasteiger partial charge in [-0.15, -0.1) is 0 Å². The van der Waals surface area contributed by atoms with Crippen molar-refractivity contribution >= 4 is 11.6 Å². The summed E-state index contributed by atoms with van der Waals surface area (Å²) in [6.45, 7) is -0.185. The number of carbonyl (C=O) groups excluding carboxylic acids is 1. The van der Waals surface area contributed by atoms with Crippen molar-refractivity contribution < 1.29 is 14.6 Å². The van der Waals surface area contributed by atoms with Crippen molar-refractivity contribution in [3.05, 3.63) is 59.7 Å². The Labute approximate surface area is 123 Å². The first-order chi connectivity index (χ1) is 10.1. The number of anilines is 1. The molecule has 5 heteroatoms. The van der Waals surface area contributed by atoms with Crippen LogP contribution in [0.2, 0.25) is 0 Å². The molecule has 2 aromatic rings. The fourth-order valence-corrected chi connectivity index (χ4v) is 2.03. The Morgan fingerprint density at radius 2 is 2.00 bits per heavy atom. The minimum Gasteiger partial charge on any atom is -0.497 e. The molecule has 4 N–H and O–H groups in total. The third-order valence-electron chi connectivity index (χ3n) is 3.12. The monoisotopic (exact) mass is 286 g/mol.